The molecule has 1 aliphatic rings. The van der Waals surface area contributed by atoms with Crippen LogP contribution >= 0.6 is 23.5 Å². The van der Waals surface area contributed by atoms with Crippen molar-refractivity contribution in [2.24, 2.45) is 0 Å². The van der Waals surface area contributed by atoms with E-state index in [0.717, 1.165) is 28.6 Å². The third kappa shape index (κ3) is 2.49. The Morgan fingerprint density at radius 2 is 2.30 bits per heavy atom. The lowest BCUT2D eigenvalue weighted by atomic mass is 10.2. The van der Waals surface area contributed by atoms with E-state index >= 15 is 0 Å². The van der Waals surface area contributed by atoms with E-state index in [1.165, 1.54) is 4.90 Å². The summed E-state index contributed by atoms with van der Waals surface area (Å²) in [6.45, 7) is 4.70. The van der Waals surface area contributed by atoms with Crippen LogP contribution < -0.4 is 0 Å². The molecule has 2 aromatic rings. The van der Waals surface area contributed by atoms with Gasteiger partial charge in [-0.25, -0.2) is 4.68 Å². The summed E-state index contributed by atoms with van der Waals surface area (Å²) in [6, 6.07) is 0. The summed E-state index contributed by atoms with van der Waals surface area (Å²) in [5, 5.41) is 9.32. The second-order valence-corrected chi connectivity index (χ2v) is 6.46. The smallest absolute Gasteiger partial charge is 0.147 e. The third-order valence-electron chi connectivity index (χ3n) is 3.20. The van der Waals surface area contributed by atoms with E-state index in [9.17, 15) is 0 Å². The Labute approximate surface area is 127 Å². The Morgan fingerprint density at radius 3 is 3.05 bits per heavy atom. The predicted molar refractivity (Wildman–Crippen MR) is 82.9 cm³/mol. The minimum absolute atomic E-state index is 0.0349. The highest BCUT2D eigenvalue weighted by Gasteiger charge is 2.24. The van der Waals surface area contributed by atoms with Crippen LogP contribution in [0.4, 0.5) is 0 Å². The molecule has 0 N–H and O–H groups in total. The van der Waals surface area contributed by atoms with Gasteiger partial charge >= 0.3 is 0 Å². The number of thioether (sulfide) groups is 2. The van der Waals surface area contributed by atoms with Gasteiger partial charge in [-0.15, -0.1) is 23.5 Å². The fourth-order valence-corrected chi connectivity index (χ4v) is 3.66. The molecule has 7 heteroatoms. The van der Waals surface area contributed by atoms with Crippen molar-refractivity contribution in [1.29, 1.82) is 0 Å². The molecule has 0 aromatic carbocycles. The molecule has 1 aliphatic heterocycles. The molecular formula is C13H18N4OS2. The van der Waals surface area contributed by atoms with Crippen molar-refractivity contribution in [2.75, 3.05) is 12.9 Å². The Hall–Kier alpha value is -0.920. The van der Waals surface area contributed by atoms with Crippen LogP contribution in [0.1, 0.15) is 25.8 Å². The Balaban J connectivity index is 1.94. The molecule has 0 radical (unpaired) electrons. The zero-order valence-electron chi connectivity index (χ0n) is 11.9. The summed E-state index contributed by atoms with van der Waals surface area (Å²) in [6.07, 6.45) is 6.24. The summed E-state index contributed by atoms with van der Waals surface area (Å²) >= 11 is 3.57. The fraction of sp³-hybridized carbons (Fsp3) is 0.538. The number of ether oxygens (including phenoxy) is 1. The molecule has 0 amide bonds. The van der Waals surface area contributed by atoms with Gasteiger partial charge in [0.25, 0.3) is 0 Å². The number of hydrogen-bond acceptors (Lipinski definition) is 5. The molecule has 5 nitrogen and oxygen atoms in total. The van der Waals surface area contributed by atoms with Gasteiger partial charge in [-0.1, -0.05) is 0 Å². The number of fused-ring (bicyclic) bond motifs is 3. The van der Waals surface area contributed by atoms with Gasteiger partial charge in [-0.05, 0) is 20.1 Å². The first kappa shape index (κ1) is 14.0. The minimum Gasteiger partial charge on any atom is -0.357 e. The van der Waals surface area contributed by atoms with Gasteiger partial charge < -0.3 is 4.74 Å². The first-order chi connectivity index (χ1) is 9.72. The lowest BCUT2D eigenvalue weighted by molar-refractivity contribution is 0.0158. The first-order valence-corrected chi connectivity index (χ1v) is 9.00. The van der Waals surface area contributed by atoms with Gasteiger partial charge in [-0.3, -0.25) is 4.68 Å². The monoisotopic (exact) mass is 310 g/mol. The van der Waals surface area contributed by atoms with Crippen LogP contribution in [0.5, 0.6) is 0 Å². The summed E-state index contributed by atoms with van der Waals surface area (Å²) < 4.78 is 9.50. The van der Waals surface area contributed by atoms with E-state index in [0.29, 0.717) is 6.61 Å². The highest BCUT2D eigenvalue weighted by Crippen LogP contribution is 2.40. The molecule has 1 unspecified atom stereocenters. The lowest BCUT2D eigenvalue weighted by Gasteiger charge is -2.11. The summed E-state index contributed by atoms with van der Waals surface area (Å²) in [5.41, 5.74) is 3.30. The van der Waals surface area contributed by atoms with Crippen LogP contribution in [0, 0.1) is 0 Å². The normalized spacial score (nSPS) is 14.9. The number of rotatable bonds is 5. The fourth-order valence-electron chi connectivity index (χ4n) is 2.28. The van der Waals surface area contributed by atoms with Crippen LogP contribution in [0.3, 0.4) is 0 Å². The van der Waals surface area contributed by atoms with Crippen molar-refractivity contribution in [3.63, 3.8) is 0 Å². The maximum absolute atomic E-state index is 5.60. The van der Waals surface area contributed by atoms with Crippen molar-refractivity contribution in [3.05, 3.63) is 18.1 Å². The van der Waals surface area contributed by atoms with E-state index in [2.05, 4.69) is 28.8 Å². The standard InChI is InChI=1S/C13H18N4OS2/c1-4-18-9(2)17-5-10-11(14-17)7-20-12-6-16(8-19-3)15-13(10)12/h5-6,9H,4,7-8H2,1-3H3. The van der Waals surface area contributed by atoms with E-state index in [1.54, 1.807) is 11.8 Å². The van der Waals surface area contributed by atoms with Gasteiger partial charge in [0.15, 0.2) is 0 Å². The molecule has 0 saturated heterocycles. The van der Waals surface area contributed by atoms with Crippen LogP contribution in [-0.4, -0.2) is 32.4 Å². The number of hydrogen-bond donors (Lipinski definition) is 0. The van der Waals surface area contributed by atoms with Crippen LogP contribution in [-0.2, 0) is 16.4 Å². The Kier molecular flexibility index (Phi) is 4.09. The predicted octanol–water partition coefficient (Wildman–Crippen LogP) is 3.23. The van der Waals surface area contributed by atoms with Gasteiger partial charge in [0, 0.05) is 30.3 Å². The van der Waals surface area contributed by atoms with E-state index in [1.807, 2.05) is 35.0 Å². The minimum atomic E-state index is -0.0349. The van der Waals surface area contributed by atoms with E-state index in [-0.39, 0.29) is 6.23 Å². The van der Waals surface area contributed by atoms with Crippen LogP contribution in [0.25, 0.3) is 11.3 Å². The highest BCUT2D eigenvalue weighted by molar-refractivity contribution is 7.98. The van der Waals surface area contributed by atoms with E-state index < -0.39 is 0 Å². The number of aromatic nitrogens is 4. The molecule has 2 aromatic heterocycles. The highest BCUT2D eigenvalue weighted by atomic mass is 32.2. The van der Waals surface area contributed by atoms with Crippen molar-refractivity contribution in [2.45, 2.75) is 36.6 Å². The molecule has 0 spiro atoms. The molecule has 3 heterocycles. The van der Waals surface area contributed by atoms with Crippen molar-refractivity contribution in [3.8, 4) is 11.3 Å². The van der Waals surface area contributed by atoms with E-state index in [4.69, 9.17) is 4.74 Å². The van der Waals surface area contributed by atoms with Crippen molar-refractivity contribution >= 4 is 23.5 Å². The molecule has 108 valence electrons. The zero-order chi connectivity index (χ0) is 14.1. The number of nitrogens with zero attached hydrogens (tertiary/aromatic N) is 4. The lowest BCUT2D eigenvalue weighted by Crippen LogP contribution is -2.09. The molecule has 20 heavy (non-hydrogen) atoms. The quantitative estimate of drug-likeness (QED) is 0.848. The molecular weight excluding hydrogens is 292 g/mol. The molecule has 1 atom stereocenters. The molecule has 0 fully saturated rings. The first-order valence-electron chi connectivity index (χ1n) is 6.62. The average Bonchev–Trinajstić information content (AvgIpc) is 3.01. The molecule has 0 bridgehead atoms. The third-order valence-corrected chi connectivity index (χ3v) is 4.75. The van der Waals surface area contributed by atoms with Crippen molar-refractivity contribution < 1.29 is 4.74 Å². The summed E-state index contributed by atoms with van der Waals surface area (Å²) in [7, 11) is 0. The average molecular weight is 310 g/mol. The molecule has 3 rings (SSSR count). The Bertz CT molecular complexity index is 608. The summed E-state index contributed by atoms with van der Waals surface area (Å²) in [5.74, 6) is 1.78. The molecule has 0 saturated carbocycles. The Morgan fingerprint density at radius 1 is 1.45 bits per heavy atom. The summed E-state index contributed by atoms with van der Waals surface area (Å²) in [4.78, 5) is 1.25. The van der Waals surface area contributed by atoms with Gasteiger partial charge in [0.1, 0.15) is 11.9 Å². The molecule has 0 aliphatic carbocycles. The van der Waals surface area contributed by atoms with Crippen molar-refractivity contribution in [1.82, 2.24) is 19.6 Å². The second-order valence-electron chi connectivity index (χ2n) is 4.61. The maximum atomic E-state index is 5.60. The van der Waals surface area contributed by atoms with Gasteiger partial charge in [-0.2, -0.15) is 10.2 Å². The van der Waals surface area contributed by atoms with Gasteiger partial charge in [0.2, 0.25) is 0 Å². The van der Waals surface area contributed by atoms with Gasteiger partial charge in [0.05, 0.1) is 16.5 Å². The topological polar surface area (TPSA) is 44.9 Å². The zero-order valence-corrected chi connectivity index (χ0v) is 13.5. The maximum Gasteiger partial charge on any atom is 0.147 e. The largest absolute Gasteiger partial charge is 0.357 e. The second kappa shape index (κ2) is 5.83. The van der Waals surface area contributed by atoms with Crippen LogP contribution in [0.2, 0.25) is 0 Å². The van der Waals surface area contributed by atoms with Crippen LogP contribution in [0.15, 0.2) is 17.3 Å². The SMILES string of the molecule is CCOC(C)n1cc2c(n1)CSc1cn(CSC)nc1-2.